The minimum Gasteiger partial charge on any atom is -0.326 e. The van der Waals surface area contributed by atoms with E-state index in [1.165, 1.54) is 12.1 Å². The van der Waals surface area contributed by atoms with E-state index in [0.717, 1.165) is 34.8 Å². The van der Waals surface area contributed by atoms with Crippen molar-refractivity contribution in [2.75, 3.05) is 5.32 Å². The maximum absolute atomic E-state index is 12.6. The van der Waals surface area contributed by atoms with Gasteiger partial charge in [0.05, 0.1) is 17.7 Å². The first-order chi connectivity index (χ1) is 13.5. The van der Waals surface area contributed by atoms with Gasteiger partial charge in [-0.3, -0.25) is 4.79 Å². The van der Waals surface area contributed by atoms with Gasteiger partial charge in [0.25, 0.3) is 5.95 Å². The molecule has 0 bridgehead atoms. The number of anilines is 1. The Balaban J connectivity index is 1.78. The number of carbonyl (C=O) groups is 1. The molecule has 0 atom stereocenters. The summed E-state index contributed by atoms with van der Waals surface area (Å²) < 4.78 is 39.5. The van der Waals surface area contributed by atoms with Crippen molar-refractivity contribution in [3.8, 4) is 5.95 Å². The molecule has 152 valence electrons. The normalized spacial score (nSPS) is 11.6. The third-order valence-corrected chi connectivity index (χ3v) is 4.43. The molecule has 29 heavy (non-hydrogen) atoms. The highest BCUT2D eigenvalue weighted by Gasteiger charge is 2.30. The summed E-state index contributed by atoms with van der Waals surface area (Å²) in [6.07, 6.45) is -4.38. The highest BCUT2D eigenvalue weighted by atomic mass is 19.4. The van der Waals surface area contributed by atoms with Gasteiger partial charge in [0.15, 0.2) is 0 Å². The van der Waals surface area contributed by atoms with E-state index in [-0.39, 0.29) is 12.3 Å². The summed E-state index contributed by atoms with van der Waals surface area (Å²) in [4.78, 5) is 21.2. The van der Waals surface area contributed by atoms with Crippen molar-refractivity contribution < 1.29 is 18.0 Å². The molecule has 0 aliphatic carbocycles. The van der Waals surface area contributed by atoms with Gasteiger partial charge in [-0.2, -0.15) is 18.3 Å². The number of nitrogens with one attached hydrogen (secondary N) is 1. The van der Waals surface area contributed by atoms with Crippen LogP contribution in [-0.4, -0.2) is 25.7 Å². The second-order valence-corrected chi connectivity index (χ2v) is 6.81. The number of alkyl halides is 3. The molecule has 0 aliphatic heterocycles. The quantitative estimate of drug-likeness (QED) is 0.712. The van der Waals surface area contributed by atoms with E-state index in [1.807, 2.05) is 26.8 Å². The lowest BCUT2D eigenvalue weighted by Crippen LogP contribution is -2.16. The first-order valence-corrected chi connectivity index (χ1v) is 8.89. The zero-order chi connectivity index (χ0) is 21.3. The maximum Gasteiger partial charge on any atom is 0.416 e. The molecule has 0 fully saturated rings. The van der Waals surface area contributed by atoms with Crippen LogP contribution >= 0.6 is 0 Å². The molecule has 1 aromatic carbocycles. The zero-order valence-corrected chi connectivity index (χ0v) is 16.4. The highest BCUT2D eigenvalue weighted by molar-refractivity contribution is 5.92. The van der Waals surface area contributed by atoms with Gasteiger partial charge in [-0.05, 0) is 58.0 Å². The van der Waals surface area contributed by atoms with Gasteiger partial charge in [0, 0.05) is 28.3 Å². The molecular weight excluding hydrogens is 383 g/mol. The van der Waals surface area contributed by atoms with Crippen LogP contribution in [0.3, 0.4) is 0 Å². The fourth-order valence-electron chi connectivity index (χ4n) is 3.04. The van der Waals surface area contributed by atoms with E-state index in [0.29, 0.717) is 17.3 Å². The van der Waals surface area contributed by atoms with Crippen LogP contribution in [0.2, 0.25) is 0 Å². The Hall–Kier alpha value is -3.23. The Morgan fingerprint density at radius 3 is 2.17 bits per heavy atom. The molecule has 2 aromatic heterocycles. The maximum atomic E-state index is 12.6. The molecule has 1 amide bonds. The summed E-state index contributed by atoms with van der Waals surface area (Å²) >= 11 is 0. The fourth-order valence-corrected chi connectivity index (χ4v) is 3.04. The van der Waals surface area contributed by atoms with E-state index >= 15 is 0 Å². The van der Waals surface area contributed by atoms with Crippen molar-refractivity contribution in [3.05, 3.63) is 64.2 Å². The molecule has 3 aromatic rings. The number of aromatic nitrogens is 4. The number of rotatable bonds is 4. The monoisotopic (exact) mass is 403 g/mol. The first-order valence-electron chi connectivity index (χ1n) is 8.89. The average molecular weight is 403 g/mol. The molecular formula is C20H20F3N5O. The lowest BCUT2D eigenvalue weighted by atomic mass is 10.1. The molecule has 6 nitrogen and oxygen atoms in total. The molecule has 0 radical (unpaired) electrons. The molecule has 0 aliphatic rings. The third kappa shape index (κ3) is 4.61. The van der Waals surface area contributed by atoms with Crippen LogP contribution in [0.5, 0.6) is 0 Å². The number of hydrogen-bond acceptors (Lipinski definition) is 4. The van der Waals surface area contributed by atoms with Crippen LogP contribution in [0, 0.1) is 27.7 Å². The molecule has 1 N–H and O–H groups in total. The number of nitrogens with zero attached hydrogens (tertiary/aromatic N) is 4. The van der Waals surface area contributed by atoms with Crippen LogP contribution in [0.15, 0.2) is 30.3 Å². The Morgan fingerprint density at radius 1 is 1.03 bits per heavy atom. The van der Waals surface area contributed by atoms with E-state index in [2.05, 4.69) is 20.4 Å². The summed E-state index contributed by atoms with van der Waals surface area (Å²) in [5, 5.41) is 7.06. The Bertz CT molecular complexity index is 1030. The summed E-state index contributed by atoms with van der Waals surface area (Å²) in [6, 6.07) is 6.18. The smallest absolute Gasteiger partial charge is 0.326 e. The van der Waals surface area contributed by atoms with Crippen molar-refractivity contribution in [1.82, 2.24) is 19.7 Å². The number of carbonyl (C=O) groups excluding carboxylic acids is 1. The van der Waals surface area contributed by atoms with Gasteiger partial charge in [-0.1, -0.05) is 0 Å². The SMILES string of the molecule is Cc1cc(C)nc(-n2nc(C)c(CC(=O)Nc3ccc(C(F)(F)F)cc3)c2C)n1. The van der Waals surface area contributed by atoms with Crippen molar-refractivity contribution in [1.29, 1.82) is 0 Å². The Kier molecular flexibility index (Phi) is 5.41. The van der Waals surface area contributed by atoms with Gasteiger partial charge in [-0.25, -0.2) is 14.6 Å². The molecule has 3 rings (SSSR count). The van der Waals surface area contributed by atoms with Crippen molar-refractivity contribution in [2.45, 2.75) is 40.3 Å². The minimum absolute atomic E-state index is 0.0312. The second-order valence-electron chi connectivity index (χ2n) is 6.81. The summed E-state index contributed by atoms with van der Waals surface area (Å²) in [7, 11) is 0. The van der Waals surface area contributed by atoms with Crippen molar-refractivity contribution >= 4 is 11.6 Å². The van der Waals surface area contributed by atoms with E-state index in [9.17, 15) is 18.0 Å². The summed E-state index contributed by atoms with van der Waals surface area (Å²) in [6.45, 7) is 7.33. The van der Waals surface area contributed by atoms with Gasteiger partial charge in [0.2, 0.25) is 5.91 Å². The summed E-state index contributed by atoms with van der Waals surface area (Å²) in [5.74, 6) is 0.0781. The number of aryl methyl sites for hydroxylation is 3. The zero-order valence-electron chi connectivity index (χ0n) is 16.4. The predicted octanol–water partition coefficient (Wildman–Crippen LogP) is 4.10. The third-order valence-electron chi connectivity index (χ3n) is 4.43. The number of halogens is 3. The number of benzene rings is 1. The first kappa shape index (κ1) is 20.5. The molecule has 0 unspecified atom stereocenters. The van der Waals surface area contributed by atoms with Gasteiger partial charge in [-0.15, -0.1) is 0 Å². The summed E-state index contributed by atoms with van der Waals surface area (Å²) in [5.41, 5.74) is 3.25. The minimum atomic E-state index is -4.42. The number of hydrogen-bond donors (Lipinski definition) is 1. The highest BCUT2D eigenvalue weighted by Crippen LogP contribution is 2.29. The lowest BCUT2D eigenvalue weighted by Gasteiger charge is -2.09. The van der Waals surface area contributed by atoms with E-state index in [1.54, 1.807) is 11.6 Å². The Labute approximate surface area is 165 Å². The standard InChI is InChI=1S/C20H20F3N5O/c1-11-9-12(2)25-19(24-11)28-14(4)17(13(3)27-28)10-18(29)26-16-7-5-15(6-8-16)20(21,22)23/h5-9H,10H2,1-4H3,(H,26,29). The number of amides is 1. The van der Waals surface area contributed by atoms with Crippen molar-refractivity contribution in [3.63, 3.8) is 0 Å². The van der Waals surface area contributed by atoms with Crippen LogP contribution < -0.4 is 5.32 Å². The molecule has 0 saturated heterocycles. The van der Waals surface area contributed by atoms with E-state index < -0.39 is 11.7 Å². The second kappa shape index (κ2) is 7.65. The molecule has 0 spiro atoms. The van der Waals surface area contributed by atoms with Crippen LogP contribution in [0.1, 0.15) is 33.9 Å². The molecule has 2 heterocycles. The topological polar surface area (TPSA) is 72.7 Å². The molecule has 9 heteroatoms. The average Bonchev–Trinajstić information content (AvgIpc) is 2.89. The molecule has 0 saturated carbocycles. The van der Waals surface area contributed by atoms with Gasteiger partial charge in [0.1, 0.15) is 0 Å². The van der Waals surface area contributed by atoms with Gasteiger partial charge >= 0.3 is 6.18 Å². The predicted molar refractivity (Wildman–Crippen MR) is 102 cm³/mol. The lowest BCUT2D eigenvalue weighted by molar-refractivity contribution is -0.137. The van der Waals surface area contributed by atoms with E-state index in [4.69, 9.17) is 0 Å². The largest absolute Gasteiger partial charge is 0.416 e. The van der Waals surface area contributed by atoms with Crippen LogP contribution in [-0.2, 0) is 17.4 Å². The van der Waals surface area contributed by atoms with Gasteiger partial charge < -0.3 is 5.32 Å². The van der Waals surface area contributed by atoms with Crippen molar-refractivity contribution in [2.24, 2.45) is 0 Å². The fraction of sp³-hybridized carbons (Fsp3) is 0.300. The van der Waals surface area contributed by atoms with Crippen LogP contribution in [0.25, 0.3) is 5.95 Å². The Morgan fingerprint density at radius 2 is 1.62 bits per heavy atom. The van der Waals surface area contributed by atoms with Crippen LogP contribution in [0.4, 0.5) is 18.9 Å².